The number of methoxy groups -OCH3 is 4. The van der Waals surface area contributed by atoms with E-state index in [4.69, 9.17) is 18.9 Å². The van der Waals surface area contributed by atoms with Gasteiger partial charge in [0.05, 0.1) is 28.4 Å². The predicted octanol–water partition coefficient (Wildman–Crippen LogP) is 3.45. The van der Waals surface area contributed by atoms with E-state index in [0.29, 0.717) is 29.5 Å². The maximum Gasteiger partial charge on any atom is 0.203 e. The zero-order chi connectivity index (χ0) is 18.4. The van der Waals surface area contributed by atoms with Crippen LogP contribution in [0.5, 0.6) is 28.7 Å². The zero-order valence-electron chi connectivity index (χ0n) is 15.3. The molecule has 2 aromatic carbocycles. The zero-order valence-corrected chi connectivity index (χ0v) is 15.3. The number of aromatic hydroxyl groups is 1. The van der Waals surface area contributed by atoms with Crippen molar-refractivity contribution < 1.29 is 24.1 Å². The molecule has 6 heteroatoms. The Balaban J connectivity index is 2.34. The molecule has 0 saturated heterocycles. The van der Waals surface area contributed by atoms with Gasteiger partial charge >= 0.3 is 0 Å². The molecule has 0 heterocycles. The molecule has 0 saturated carbocycles. The lowest BCUT2D eigenvalue weighted by Crippen LogP contribution is -2.22. The van der Waals surface area contributed by atoms with E-state index in [0.717, 1.165) is 17.8 Å². The molecule has 0 atom stereocenters. The summed E-state index contributed by atoms with van der Waals surface area (Å²) in [6.07, 6.45) is 0. The second-order valence-corrected chi connectivity index (χ2v) is 5.40. The van der Waals surface area contributed by atoms with Crippen LogP contribution in [-0.2, 0) is 6.54 Å². The van der Waals surface area contributed by atoms with Crippen molar-refractivity contribution in [2.24, 2.45) is 0 Å². The number of benzene rings is 2. The molecule has 0 fully saturated rings. The van der Waals surface area contributed by atoms with Gasteiger partial charge in [-0.1, -0.05) is 0 Å². The molecule has 0 amide bonds. The van der Waals surface area contributed by atoms with Gasteiger partial charge in [0.15, 0.2) is 23.0 Å². The highest BCUT2D eigenvalue weighted by atomic mass is 16.5. The minimum Gasteiger partial charge on any atom is -0.504 e. The van der Waals surface area contributed by atoms with Crippen LogP contribution in [0.4, 0.5) is 5.69 Å². The molecule has 0 aliphatic heterocycles. The Hall–Kier alpha value is -2.76. The third kappa shape index (κ3) is 4.02. The molecule has 6 nitrogen and oxygen atoms in total. The fourth-order valence-corrected chi connectivity index (χ4v) is 2.71. The van der Waals surface area contributed by atoms with Crippen molar-refractivity contribution in [1.82, 2.24) is 0 Å². The average Bonchev–Trinajstić information content (AvgIpc) is 2.64. The van der Waals surface area contributed by atoms with Crippen LogP contribution in [-0.4, -0.2) is 40.1 Å². The third-order valence-corrected chi connectivity index (χ3v) is 4.01. The Morgan fingerprint density at radius 1 is 0.840 bits per heavy atom. The molecular formula is C19H25NO5. The molecule has 1 N–H and O–H groups in total. The van der Waals surface area contributed by atoms with Crippen molar-refractivity contribution in [2.45, 2.75) is 13.5 Å². The Bertz CT molecular complexity index is 692. The van der Waals surface area contributed by atoms with Crippen LogP contribution in [0.3, 0.4) is 0 Å². The normalized spacial score (nSPS) is 10.3. The van der Waals surface area contributed by atoms with Gasteiger partial charge in [-0.05, 0) is 36.8 Å². The van der Waals surface area contributed by atoms with E-state index in [1.807, 2.05) is 18.2 Å². The number of anilines is 1. The lowest BCUT2D eigenvalue weighted by Gasteiger charge is -2.24. The fraction of sp³-hybridized carbons (Fsp3) is 0.368. The summed E-state index contributed by atoms with van der Waals surface area (Å²) in [7, 11) is 6.31. The number of nitrogens with zero attached hydrogens (tertiary/aromatic N) is 1. The van der Waals surface area contributed by atoms with Gasteiger partial charge in [0.25, 0.3) is 0 Å². The Morgan fingerprint density at radius 3 is 1.88 bits per heavy atom. The molecule has 0 aliphatic rings. The maximum atomic E-state index is 10.0. The molecule has 2 rings (SSSR count). The van der Waals surface area contributed by atoms with Crippen molar-refractivity contribution in [1.29, 1.82) is 0 Å². The largest absolute Gasteiger partial charge is 0.504 e. The first-order chi connectivity index (χ1) is 12.1. The number of rotatable bonds is 8. The summed E-state index contributed by atoms with van der Waals surface area (Å²) < 4.78 is 21.3. The molecule has 0 aromatic heterocycles. The van der Waals surface area contributed by atoms with E-state index < -0.39 is 0 Å². The van der Waals surface area contributed by atoms with E-state index in [2.05, 4.69) is 11.8 Å². The summed E-state index contributed by atoms with van der Waals surface area (Å²) in [6, 6.07) is 9.21. The summed E-state index contributed by atoms with van der Waals surface area (Å²) in [5.74, 6) is 2.37. The topological polar surface area (TPSA) is 60.4 Å². The van der Waals surface area contributed by atoms with E-state index in [1.54, 1.807) is 33.5 Å². The SMILES string of the molecule is CCN(Cc1cc(OC)c(OC)c(OC)c1)c1ccc(OC)c(O)c1. The lowest BCUT2D eigenvalue weighted by atomic mass is 10.1. The maximum absolute atomic E-state index is 10.0. The van der Waals surface area contributed by atoms with Crippen LogP contribution in [0.1, 0.15) is 12.5 Å². The molecule has 2 aromatic rings. The molecule has 0 unspecified atom stereocenters. The quantitative estimate of drug-likeness (QED) is 0.789. The van der Waals surface area contributed by atoms with Gasteiger partial charge in [0, 0.05) is 24.8 Å². The molecule has 136 valence electrons. The average molecular weight is 347 g/mol. The molecular weight excluding hydrogens is 322 g/mol. The number of hydrogen-bond donors (Lipinski definition) is 1. The first-order valence-electron chi connectivity index (χ1n) is 7.98. The van der Waals surface area contributed by atoms with Gasteiger partial charge < -0.3 is 29.0 Å². The van der Waals surface area contributed by atoms with Crippen LogP contribution >= 0.6 is 0 Å². The van der Waals surface area contributed by atoms with E-state index in [1.165, 1.54) is 7.11 Å². The predicted molar refractivity (Wildman–Crippen MR) is 97.5 cm³/mol. The van der Waals surface area contributed by atoms with Crippen LogP contribution in [0, 0.1) is 0 Å². The van der Waals surface area contributed by atoms with Crippen LogP contribution < -0.4 is 23.8 Å². The van der Waals surface area contributed by atoms with Crippen LogP contribution in [0.15, 0.2) is 30.3 Å². The Labute approximate surface area is 148 Å². The molecule has 0 bridgehead atoms. The van der Waals surface area contributed by atoms with Gasteiger partial charge in [-0.25, -0.2) is 0 Å². The molecule has 25 heavy (non-hydrogen) atoms. The van der Waals surface area contributed by atoms with Crippen LogP contribution in [0.2, 0.25) is 0 Å². The number of phenols is 1. The van der Waals surface area contributed by atoms with Crippen LogP contribution in [0.25, 0.3) is 0 Å². The van der Waals surface area contributed by atoms with Gasteiger partial charge in [-0.3, -0.25) is 0 Å². The highest BCUT2D eigenvalue weighted by Gasteiger charge is 2.15. The summed E-state index contributed by atoms with van der Waals surface area (Å²) >= 11 is 0. The number of phenolic OH excluding ortho intramolecular Hbond substituents is 1. The standard InChI is InChI=1S/C19H25NO5/c1-6-20(14-7-8-16(22-2)15(21)11-14)12-13-9-17(23-3)19(25-5)18(10-13)24-4/h7-11,21H,6,12H2,1-5H3. The smallest absolute Gasteiger partial charge is 0.203 e. The monoisotopic (exact) mass is 347 g/mol. The first kappa shape index (κ1) is 18.6. The van der Waals surface area contributed by atoms with Gasteiger partial charge in [0.1, 0.15) is 0 Å². The number of hydrogen-bond acceptors (Lipinski definition) is 6. The van der Waals surface area contributed by atoms with E-state index >= 15 is 0 Å². The second-order valence-electron chi connectivity index (χ2n) is 5.40. The molecule has 0 radical (unpaired) electrons. The fourth-order valence-electron chi connectivity index (χ4n) is 2.71. The summed E-state index contributed by atoms with van der Waals surface area (Å²) in [6.45, 7) is 3.45. The van der Waals surface area contributed by atoms with E-state index in [9.17, 15) is 5.11 Å². The van der Waals surface area contributed by atoms with Gasteiger partial charge in [-0.15, -0.1) is 0 Å². The summed E-state index contributed by atoms with van der Waals surface area (Å²) in [5.41, 5.74) is 1.90. The Morgan fingerprint density at radius 2 is 1.44 bits per heavy atom. The summed E-state index contributed by atoms with van der Waals surface area (Å²) in [4.78, 5) is 2.12. The highest BCUT2D eigenvalue weighted by Crippen LogP contribution is 2.39. The number of ether oxygens (including phenoxy) is 4. The van der Waals surface area contributed by atoms with E-state index in [-0.39, 0.29) is 5.75 Å². The Kier molecular flexibility index (Phi) is 6.22. The minimum atomic E-state index is 0.114. The highest BCUT2D eigenvalue weighted by molar-refractivity contribution is 5.58. The first-order valence-corrected chi connectivity index (χ1v) is 7.98. The van der Waals surface area contributed by atoms with Crippen molar-refractivity contribution in [3.63, 3.8) is 0 Å². The minimum absolute atomic E-state index is 0.114. The van der Waals surface area contributed by atoms with Gasteiger partial charge in [-0.2, -0.15) is 0 Å². The van der Waals surface area contributed by atoms with Crippen molar-refractivity contribution in [3.8, 4) is 28.7 Å². The molecule has 0 spiro atoms. The molecule has 0 aliphatic carbocycles. The summed E-state index contributed by atoms with van der Waals surface area (Å²) in [5, 5.41) is 10.0. The van der Waals surface area contributed by atoms with Crippen molar-refractivity contribution in [3.05, 3.63) is 35.9 Å². The lowest BCUT2D eigenvalue weighted by molar-refractivity contribution is 0.323. The van der Waals surface area contributed by atoms with Gasteiger partial charge in [0.2, 0.25) is 5.75 Å². The van der Waals surface area contributed by atoms with Crippen molar-refractivity contribution >= 4 is 5.69 Å². The third-order valence-electron chi connectivity index (χ3n) is 4.01. The van der Waals surface area contributed by atoms with Crippen molar-refractivity contribution in [2.75, 3.05) is 39.9 Å². The second kappa shape index (κ2) is 8.37.